The fraction of sp³-hybridized carbons (Fsp3) is 0.667. The van der Waals surface area contributed by atoms with Crippen LogP contribution in [-0.2, 0) is 0 Å². The van der Waals surface area contributed by atoms with Crippen LogP contribution in [0.2, 0.25) is 5.02 Å². The van der Waals surface area contributed by atoms with Crippen LogP contribution in [0.3, 0.4) is 0 Å². The van der Waals surface area contributed by atoms with E-state index in [0.717, 1.165) is 0 Å². The van der Waals surface area contributed by atoms with Crippen molar-refractivity contribution in [2.45, 2.75) is 33.7 Å². The second-order valence-corrected chi connectivity index (χ2v) is 6.07. The molecule has 17 heavy (non-hydrogen) atoms. The standard InChI is InChI=1S/C12H19ClN4/c1-11(2)9(12(11,3)4)16-8-7(13)6-15-10(14-5)17-8/h6,9H,1-5H3,(H2,14,15,16,17). The molecule has 94 valence electrons. The summed E-state index contributed by atoms with van der Waals surface area (Å²) in [5, 5.41) is 6.88. The highest BCUT2D eigenvalue weighted by Gasteiger charge is 2.65. The van der Waals surface area contributed by atoms with Crippen LogP contribution in [0.25, 0.3) is 0 Å². The smallest absolute Gasteiger partial charge is 0.224 e. The average molecular weight is 255 g/mol. The molecule has 0 aliphatic heterocycles. The topological polar surface area (TPSA) is 49.8 Å². The van der Waals surface area contributed by atoms with Crippen molar-refractivity contribution in [3.05, 3.63) is 11.2 Å². The lowest BCUT2D eigenvalue weighted by molar-refractivity contribution is 0.457. The molecule has 4 nitrogen and oxygen atoms in total. The quantitative estimate of drug-likeness (QED) is 0.871. The van der Waals surface area contributed by atoms with Gasteiger partial charge in [-0.2, -0.15) is 4.98 Å². The summed E-state index contributed by atoms with van der Waals surface area (Å²) in [5.41, 5.74) is 0.502. The lowest BCUT2D eigenvalue weighted by Gasteiger charge is -2.10. The number of rotatable bonds is 3. The van der Waals surface area contributed by atoms with Gasteiger partial charge in [-0.1, -0.05) is 39.3 Å². The van der Waals surface area contributed by atoms with Crippen LogP contribution in [0.15, 0.2) is 6.20 Å². The molecule has 1 saturated carbocycles. The van der Waals surface area contributed by atoms with Crippen LogP contribution in [0.1, 0.15) is 27.7 Å². The van der Waals surface area contributed by atoms with Crippen LogP contribution in [0.5, 0.6) is 0 Å². The highest BCUT2D eigenvalue weighted by atomic mass is 35.5. The number of hydrogen-bond acceptors (Lipinski definition) is 4. The van der Waals surface area contributed by atoms with Gasteiger partial charge in [-0.05, 0) is 10.8 Å². The van der Waals surface area contributed by atoms with Gasteiger partial charge in [0.2, 0.25) is 5.95 Å². The van der Waals surface area contributed by atoms with Crippen LogP contribution < -0.4 is 10.6 Å². The van der Waals surface area contributed by atoms with E-state index in [1.165, 1.54) is 0 Å². The third-order valence-electron chi connectivity index (χ3n) is 4.27. The molecule has 1 fully saturated rings. The Morgan fingerprint density at radius 2 is 1.82 bits per heavy atom. The molecule has 0 bridgehead atoms. The number of halogens is 1. The van der Waals surface area contributed by atoms with Gasteiger partial charge in [0.1, 0.15) is 5.02 Å². The number of nitrogens with zero attached hydrogens (tertiary/aromatic N) is 2. The van der Waals surface area contributed by atoms with Gasteiger partial charge in [0.05, 0.1) is 6.20 Å². The first-order valence-corrected chi connectivity index (χ1v) is 6.15. The van der Waals surface area contributed by atoms with Gasteiger partial charge in [-0.25, -0.2) is 4.98 Å². The Hall–Kier alpha value is -1.03. The first-order valence-electron chi connectivity index (χ1n) is 5.77. The minimum absolute atomic E-state index is 0.251. The molecule has 1 aliphatic carbocycles. The Labute approximate surface area is 107 Å². The van der Waals surface area contributed by atoms with Crippen LogP contribution in [0.4, 0.5) is 11.8 Å². The second-order valence-electron chi connectivity index (χ2n) is 5.66. The van der Waals surface area contributed by atoms with E-state index >= 15 is 0 Å². The minimum Gasteiger partial charge on any atom is -0.365 e. The second kappa shape index (κ2) is 3.73. The summed E-state index contributed by atoms with van der Waals surface area (Å²) < 4.78 is 0. The number of aromatic nitrogens is 2. The molecule has 2 rings (SSSR count). The van der Waals surface area contributed by atoms with E-state index in [4.69, 9.17) is 11.6 Å². The van der Waals surface area contributed by atoms with Gasteiger partial charge in [0.15, 0.2) is 5.82 Å². The molecule has 0 radical (unpaired) electrons. The lowest BCUT2D eigenvalue weighted by atomic mass is 10.0. The van der Waals surface area contributed by atoms with E-state index in [0.29, 0.717) is 22.8 Å². The Balaban J connectivity index is 2.21. The molecular weight excluding hydrogens is 236 g/mol. The first-order chi connectivity index (χ1) is 7.80. The van der Waals surface area contributed by atoms with E-state index in [-0.39, 0.29) is 10.8 Å². The van der Waals surface area contributed by atoms with E-state index in [2.05, 4.69) is 48.3 Å². The molecule has 0 aromatic carbocycles. The van der Waals surface area contributed by atoms with E-state index in [1.807, 2.05) is 0 Å². The largest absolute Gasteiger partial charge is 0.365 e. The van der Waals surface area contributed by atoms with Gasteiger partial charge in [-0.15, -0.1) is 0 Å². The van der Waals surface area contributed by atoms with Crippen molar-refractivity contribution in [3.8, 4) is 0 Å². The van der Waals surface area contributed by atoms with Crippen molar-refractivity contribution in [2.24, 2.45) is 10.8 Å². The summed E-state index contributed by atoms with van der Waals surface area (Å²) in [5.74, 6) is 1.28. The maximum absolute atomic E-state index is 6.10. The van der Waals surface area contributed by atoms with Crippen molar-refractivity contribution in [2.75, 3.05) is 17.7 Å². The van der Waals surface area contributed by atoms with Crippen LogP contribution in [-0.4, -0.2) is 23.1 Å². The molecule has 1 aliphatic rings. The fourth-order valence-electron chi connectivity index (χ4n) is 2.28. The molecule has 5 heteroatoms. The third kappa shape index (κ3) is 1.84. The summed E-state index contributed by atoms with van der Waals surface area (Å²) in [6, 6.07) is 0.382. The van der Waals surface area contributed by atoms with E-state index < -0.39 is 0 Å². The molecule has 1 heterocycles. The van der Waals surface area contributed by atoms with Crippen molar-refractivity contribution >= 4 is 23.4 Å². The number of anilines is 2. The lowest BCUT2D eigenvalue weighted by Crippen LogP contribution is -2.12. The van der Waals surface area contributed by atoms with Gasteiger partial charge in [-0.3, -0.25) is 0 Å². The van der Waals surface area contributed by atoms with E-state index in [9.17, 15) is 0 Å². The number of hydrogen-bond donors (Lipinski definition) is 2. The molecule has 1 aromatic heterocycles. The molecule has 0 spiro atoms. The predicted octanol–water partition coefficient (Wildman–Crippen LogP) is 3.02. The van der Waals surface area contributed by atoms with Crippen molar-refractivity contribution < 1.29 is 0 Å². The fourth-order valence-corrected chi connectivity index (χ4v) is 2.43. The number of nitrogens with one attached hydrogen (secondary N) is 2. The molecule has 2 N–H and O–H groups in total. The van der Waals surface area contributed by atoms with Crippen molar-refractivity contribution in [1.82, 2.24) is 9.97 Å². The van der Waals surface area contributed by atoms with Crippen molar-refractivity contribution in [1.29, 1.82) is 0 Å². The maximum Gasteiger partial charge on any atom is 0.224 e. The highest BCUT2D eigenvalue weighted by molar-refractivity contribution is 6.32. The van der Waals surface area contributed by atoms with Crippen molar-refractivity contribution in [3.63, 3.8) is 0 Å². The van der Waals surface area contributed by atoms with Crippen LogP contribution in [0, 0.1) is 10.8 Å². The zero-order valence-electron chi connectivity index (χ0n) is 10.9. The zero-order chi connectivity index (χ0) is 12.8. The summed E-state index contributed by atoms with van der Waals surface area (Å²) in [6.45, 7) is 9.00. The average Bonchev–Trinajstić information content (AvgIpc) is 2.64. The first kappa shape index (κ1) is 12.4. The summed E-state index contributed by atoms with van der Waals surface area (Å²) >= 11 is 6.10. The Kier molecular flexibility index (Phi) is 2.73. The predicted molar refractivity (Wildman–Crippen MR) is 71.6 cm³/mol. The summed E-state index contributed by atoms with van der Waals surface area (Å²) in [7, 11) is 1.79. The van der Waals surface area contributed by atoms with Gasteiger partial charge >= 0.3 is 0 Å². The van der Waals surface area contributed by atoms with Crippen LogP contribution >= 0.6 is 11.6 Å². The Morgan fingerprint density at radius 3 is 2.29 bits per heavy atom. The van der Waals surface area contributed by atoms with E-state index in [1.54, 1.807) is 13.2 Å². The molecule has 0 atom stereocenters. The van der Waals surface area contributed by atoms with Gasteiger partial charge < -0.3 is 10.6 Å². The molecule has 1 aromatic rings. The SMILES string of the molecule is CNc1ncc(Cl)c(NC2C(C)(C)C2(C)C)n1. The highest BCUT2D eigenvalue weighted by Crippen LogP contribution is 2.63. The Morgan fingerprint density at radius 1 is 1.24 bits per heavy atom. The summed E-state index contributed by atoms with van der Waals surface area (Å²) in [4.78, 5) is 8.40. The minimum atomic E-state index is 0.251. The zero-order valence-corrected chi connectivity index (χ0v) is 11.7. The molecule has 0 unspecified atom stereocenters. The van der Waals surface area contributed by atoms with Gasteiger partial charge in [0, 0.05) is 13.1 Å². The summed E-state index contributed by atoms with van der Waals surface area (Å²) in [6.07, 6.45) is 1.62. The normalized spacial score (nSPS) is 21.1. The third-order valence-corrected chi connectivity index (χ3v) is 4.55. The molecular formula is C12H19ClN4. The molecule has 0 saturated heterocycles. The molecule has 0 amide bonds. The maximum atomic E-state index is 6.10. The monoisotopic (exact) mass is 254 g/mol. The van der Waals surface area contributed by atoms with Gasteiger partial charge in [0.25, 0.3) is 0 Å². The Bertz CT molecular complexity index is 428.